The summed E-state index contributed by atoms with van der Waals surface area (Å²) in [6, 6.07) is 6.20. The van der Waals surface area contributed by atoms with Crippen molar-refractivity contribution in [2.75, 3.05) is 12.3 Å². The highest BCUT2D eigenvalue weighted by Crippen LogP contribution is 2.23. The van der Waals surface area contributed by atoms with Gasteiger partial charge in [-0.1, -0.05) is 13.0 Å². The molecule has 0 spiro atoms. The lowest BCUT2D eigenvalue weighted by molar-refractivity contribution is -0.121. The highest BCUT2D eigenvalue weighted by Gasteiger charge is 2.22. The van der Waals surface area contributed by atoms with E-state index in [4.69, 9.17) is 10.5 Å². The zero-order valence-corrected chi connectivity index (χ0v) is 11.4. The van der Waals surface area contributed by atoms with Gasteiger partial charge in [0.25, 0.3) is 0 Å². The summed E-state index contributed by atoms with van der Waals surface area (Å²) in [5, 5.41) is 2.98. The van der Waals surface area contributed by atoms with Crippen molar-refractivity contribution in [2.45, 2.75) is 45.1 Å². The average Bonchev–Trinajstić information content (AvgIpc) is 3.19. The van der Waals surface area contributed by atoms with E-state index in [9.17, 15) is 4.79 Å². The van der Waals surface area contributed by atoms with Crippen molar-refractivity contribution >= 4 is 11.6 Å². The fourth-order valence-electron chi connectivity index (χ4n) is 1.88. The molecular formula is C15H22N2O2. The van der Waals surface area contributed by atoms with E-state index in [1.54, 1.807) is 0 Å². The molecule has 0 radical (unpaired) electrons. The van der Waals surface area contributed by atoms with Crippen LogP contribution in [0.5, 0.6) is 5.75 Å². The number of hydrogen-bond acceptors (Lipinski definition) is 3. The van der Waals surface area contributed by atoms with Crippen molar-refractivity contribution in [1.29, 1.82) is 0 Å². The molecule has 3 N–H and O–H groups in total. The van der Waals surface area contributed by atoms with Crippen LogP contribution < -0.4 is 15.8 Å². The minimum absolute atomic E-state index is 0.132. The molecule has 0 unspecified atom stereocenters. The maximum atomic E-state index is 11.6. The second-order valence-corrected chi connectivity index (χ2v) is 5.06. The number of ether oxygens (including phenoxy) is 1. The van der Waals surface area contributed by atoms with E-state index >= 15 is 0 Å². The molecule has 0 saturated heterocycles. The second kappa shape index (κ2) is 6.45. The molecule has 4 heteroatoms. The molecule has 1 aromatic rings. The van der Waals surface area contributed by atoms with Crippen LogP contribution in [0.25, 0.3) is 0 Å². The topological polar surface area (TPSA) is 64.3 Å². The molecule has 0 heterocycles. The van der Waals surface area contributed by atoms with Crippen LogP contribution in [-0.2, 0) is 11.2 Å². The average molecular weight is 262 g/mol. The third kappa shape index (κ3) is 4.47. The summed E-state index contributed by atoms with van der Waals surface area (Å²) in [4.78, 5) is 11.6. The first-order valence-electron chi connectivity index (χ1n) is 6.99. The quantitative estimate of drug-likeness (QED) is 0.741. The maximum absolute atomic E-state index is 11.6. The molecule has 1 aliphatic carbocycles. The standard InChI is InChI=1S/C15H22N2O2/c1-2-9-19-14-7-3-11(10-13(14)16)4-8-15(18)17-12-5-6-12/h3,7,10,12H,2,4-6,8-9,16H2,1H3,(H,17,18). The second-order valence-electron chi connectivity index (χ2n) is 5.06. The van der Waals surface area contributed by atoms with E-state index in [2.05, 4.69) is 12.2 Å². The van der Waals surface area contributed by atoms with E-state index in [1.165, 1.54) is 0 Å². The Morgan fingerprint density at radius 3 is 2.89 bits per heavy atom. The highest BCUT2D eigenvalue weighted by atomic mass is 16.5. The zero-order chi connectivity index (χ0) is 13.7. The van der Waals surface area contributed by atoms with Gasteiger partial charge in [-0.15, -0.1) is 0 Å². The Bertz CT molecular complexity index is 442. The summed E-state index contributed by atoms with van der Waals surface area (Å²) < 4.78 is 5.52. The normalized spacial score (nSPS) is 14.2. The van der Waals surface area contributed by atoms with Crippen LogP contribution in [0, 0.1) is 0 Å². The molecule has 0 atom stereocenters. The van der Waals surface area contributed by atoms with Gasteiger partial charge in [0.1, 0.15) is 5.75 Å². The van der Waals surface area contributed by atoms with Gasteiger partial charge in [-0.3, -0.25) is 4.79 Å². The molecule has 0 bridgehead atoms. The van der Waals surface area contributed by atoms with E-state index in [-0.39, 0.29) is 5.91 Å². The maximum Gasteiger partial charge on any atom is 0.220 e. The number of rotatable bonds is 7. The fraction of sp³-hybridized carbons (Fsp3) is 0.533. The highest BCUT2D eigenvalue weighted by molar-refractivity contribution is 5.76. The van der Waals surface area contributed by atoms with Crippen LogP contribution in [0.3, 0.4) is 0 Å². The SMILES string of the molecule is CCCOc1ccc(CCC(=O)NC2CC2)cc1N. The summed E-state index contributed by atoms with van der Waals surface area (Å²) in [5.41, 5.74) is 7.66. The lowest BCUT2D eigenvalue weighted by Gasteiger charge is -2.09. The molecule has 104 valence electrons. The lowest BCUT2D eigenvalue weighted by atomic mass is 10.1. The summed E-state index contributed by atoms with van der Waals surface area (Å²) in [6.07, 6.45) is 4.45. The van der Waals surface area contributed by atoms with E-state index in [0.717, 1.165) is 37.0 Å². The van der Waals surface area contributed by atoms with Gasteiger partial charge >= 0.3 is 0 Å². The number of amides is 1. The first-order chi connectivity index (χ1) is 9.19. The molecule has 1 amide bonds. The molecular weight excluding hydrogens is 240 g/mol. The van der Waals surface area contributed by atoms with Crippen molar-refractivity contribution in [3.8, 4) is 5.75 Å². The number of nitrogen functional groups attached to an aromatic ring is 1. The molecule has 4 nitrogen and oxygen atoms in total. The van der Waals surface area contributed by atoms with Crippen LogP contribution in [0.15, 0.2) is 18.2 Å². The zero-order valence-electron chi connectivity index (χ0n) is 11.4. The monoisotopic (exact) mass is 262 g/mol. The van der Waals surface area contributed by atoms with Crippen LogP contribution in [-0.4, -0.2) is 18.6 Å². The summed E-state index contributed by atoms with van der Waals surface area (Å²) >= 11 is 0. The minimum atomic E-state index is 0.132. The Morgan fingerprint density at radius 1 is 1.47 bits per heavy atom. The van der Waals surface area contributed by atoms with Gasteiger partial charge in [-0.05, 0) is 43.4 Å². The largest absolute Gasteiger partial charge is 0.491 e. The van der Waals surface area contributed by atoms with Gasteiger partial charge in [-0.25, -0.2) is 0 Å². The molecule has 1 aliphatic rings. The Hall–Kier alpha value is -1.71. The predicted octanol–water partition coefficient (Wildman–Crippen LogP) is 2.27. The number of carbonyl (C=O) groups excluding carboxylic acids is 1. The van der Waals surface area contributed by atoms with Crippen LogP contribution >= 0.6 is 0 Å². The van der Waals surface area contributed by atoms with E-state index < -0.39 is 0 Å². The molecule has 0 aliphatic heterocycles. The predicted molar refractivity (Wildman–Crippen MR) is 76.1 cm³/mol. The number of aryl methyl sites for hydroxylation is 1. The Kier molecular flexibility index (Phi) is 4.66. The van der Waals surface area contributed by atoms with Gasteiger partial charge in [0.15, 0.2) is 0 Å². The van der Waals surface area contributed by atoms with E-state index in [1.807, 2.05) is 18.2 Å². The van der Waals surface area contributed by atoms with Gasteiger partial charge in [-0.2, -0.15) is 0 Å². The van der Waals surface area contributed by atoms with Crippen LogP contribution in [0.4, 0.5) is 5.69 Å². The van der Waals surface area contributed by atoms with Crippen molar-refractivity contribution in [2.24, 2.45) is 0 Å². The minimum Gasteiger partial charge on any atom is -0.491 e. The number of benzene rings is 1. The summed E-state index contributed by atoms with van der Waals surface area (Å²) in [7, 11) is 0. The molecule has 2 rings (SSSR count). The molecule has 0 aromatic heterocycles. The van der Waals surface area contributed by atoms with Gasteiger partial charge in [0, 0.05) is 12.5 Å². The third-order valence-electron chi connectivity index (χ3n) is 3.12. The number of nitrogens with two attached hydrogens (primary N) is 1. The number of nitrogens with one attached hydrogen (secondary N) is 1. The van der Waals surface area contributed by atoms with Gasteiger partial charge in [0.05, 0.1) is 12.3 Å². The summed E-state index contributed by atoms with van der Waals surface area (Å²) in [6.45, 7) is 2.73. The first kappa shape index (κ1) is 13.7. The smallest absolute Gasteiger partial charge is 0.220 e. The lowest BCUT2D eigenvalue weighted by Crippen LogP contribution is -2.25. The van der Waals surface area contributed by atoms with Crippen molar-refractivity contribution < 1.29 is 9.53 Å². The Morgan fingerprint density at radius 2 is 2.26 bits per heavy atom. The number of anilines is 1. The Labute approximate surface area is 114 Å². The van der Waals surface area contributed by atoms with Crippen LogP contribution in [0.1, 0.15) is 38.2 Å². The van der Waals surface area contributed by atoms with Crippen molar-refractivity contribution in [3.05, 3.63) is 23.8 Å². The summed E-state index contributed by atoms with van der Waals surface area (Å²) in [5.74, 6) is 0.861. The van der Waals surface area contributed by atoms with Crippen molar-refractivity contribution in [3.63, 3.8) is 0 Å². The Balaban J connectivity index is 1.82. The number of carbonyl (C=O) groups is 1. The van der Waals surface area contributed by atoms with Gasteiger partial charge in [0.2, 0.25) is 5.91 Å². The molecule has 1 aromatic carbocycles. The van der Waals surface area contributed by atoms with Crippen LogP contribution in [0.2, 0.25) is 0 Å². The van der Waals surface area contributed by atoms with E-state index in [0.29, 0.717) is 24.8 Å². The molecule has 1 saturated carbocycles. The van der Waals surface area contributed by atoms with Crippen molar-refractivity contribution in [1.82, 2.24) is 5.32 Å². The number of hydrogen-bond donors (Lipinski definition) is 2. The molecule has 1 fully saturated rings. The fourth-order valence-corrected chi connectivity index (χ4v) is 1.88. The van der Waals surface area contributed by atoms with Gasteiger partial charge < -0.3 is 15.8 Å². The third-order valence-corrected chi connectivity index (χ3v) is 3.12. The molecule has 19 heavy (non-hydrogen) atoms. The first-order valence-corrected chi connectivity index (χ1v) is 6.99.